The molecule has 8 nitrogen and oxygen atoms in total. The van der Waals surface area contributed by atoms with E-state index in [9.17, 15) is 0 Å². The van der Waals surface area contributed by atoms with E-state index in [1.165, 1.54) is 5.69 Å². The first-order valence-corrected chi connectivity index (χ1v) is 14.7. The Morgan fingerprint density at radius 1 is 1.02 bits per heavy atom. The van der Waals surface area contributed by atoms with Crippen LogP contribution in [0.25, 0.3) is 27.8 Å². The van der Waals surface area contributed by atoms with Gasteiger partial charge in [0.2, 0.25) is 0 Å². The van der Waals surface area contributed by atoms with Crippen LogP contribution in [0.3, 0.4) is 0 Å². The van der Waals surface area contributed by atoms with Crippen molar-refractivity contribution >= 4 is 40.9 Å². The van der Waals surface area contributed by atoms with Gasteiger partial charge in [0.05, 0.1) is 11.4 Å². The van der Waals surface area contributed by atoms with E-state index in [1.807, 2.05) is 104 Å². The minimum atomic E-state index is 0. The first-order chi connectivity index (χ1) is 22.0. The Kier molecular flexibility index (Phi) is 14.4. The second-order valence-electron chi connectivity index (χ2n) is 10.1. The van der Waals surface area contributed by atoms with Crippen molar-refractivity contribution in [2.75, 3.05) is 37.0 Å². The minimum Gasteiger partial charge on any atom is -0.697 e. The number of anilines is 2. The van der Waals surface area contributed by atoms with E-state index in [0.717, 1.165) is 41.5 Å². The third-order valence-corrected chi connectivity index (χ3v) is 6.98. The molecule has 0 amide bonds. The Bertz CT molecular complexity index is 1630. The van der Waals surface area contributed by atoms with Crippen LogP contribution >= 0.6 is 0 Å². The maximum atomic E-state index is 7.56. The van der Waals surface area contributed by atoms with Gasteiger partial charge in [0.25, 0.3) is 0 Å². The monoisotopic (exact) mass is 697 g/mol. The van der Waals surface area contributed by atoms with Gasteiger partial charge in [-0.15, -0.1) is 29.7 Å². The number of rotatable bonds is 7. The van der Waals surface area contributed by atoms with E-state index in [-0.39, 0.29) is 25.6 Å². The average molecular weight is 697 g/mol. The zero-order valence-electron chi connectivity index (χ0n) is 26.4. The smallest absolute Gasteiger partial charge is 0.697 e. The summed E-state index contributed by atoms with van der Waals surface area (Å²) in [6.45, 7) is 7.13. The summed E-state index contributed by atoms with van der Waals surface area (Å²) in [7, 11) is 4.15. The summed E-state index contributed by atoms with van der Waals surface area (Å²) < 4.78 is 0. The number of allylic oxidation sites excluding steroid dienone is 5. The number of pyridine rings is 2. The van der Waals surface area contributed by atoms with E-state index >= 15 is 0 Å². The molecular weight excluding hydrogens is 658 g/mol. The summed E-state index contributed by atoms with van der Waals surface area (Å²) >= 11 is 0. The maximum absolute atomic E-state index is 7.56. The molecule has 2 aliphatic heterocycles. The number of benzene rings is 2. The van der Waals surface area contributed by atoms with Crippen molar-refractivity contribution in [3.63, 3.8) is 0 Å². The number of nitrogens with one attached hydrogen (secondary N) is 1. The van der Waals surface area contributed by atoms with Crippen LogP contribution in [0.4, 0.5) is 22.7 Å². The molecule has 1 radical (unpaired) electrons. The van der Waals surface area contributed by atoms with Crippen LogP contribution < -0.4 is 9.80 Å². The van der Waals surface area contributed by atoms with Crippen LogP contribution in [0.2, 0.25) is 0 Å². The van der Waals surface area contributed by atoms with E-state index in [1.54, 1.807) is 18.5 Å². The summed E-state index contributed by atoms with van der Waals surface area (Å²) in [4.78, 5) is 16.7. The molecule has 0 saturated heterocycles. The topological polar surface area (TPSA) is 96.6 Å². The molecule has 1 atom stereocenters. The van der Waals surface area contributed by atoms with E-state index in [4.69, 9.17) is 11.1 Å². The molecule has 4 heterocycles. The number of aliphatic imine (C=N–C) groups is 1. The van der Waals surface area contributed by atoms with Crippen LogP contribution in [0.15, 0.2) is 139 Å². The van der Waals surface area contributed by atoms with E-state index in [0.29, 0.717) is 11.4 Å². The van der Waals surface area contributed by atoms with Gasteiger partial charge in [-0.2, -0.15) is 0 Å². The molecule has 235 valence electrons. The molecule has 4 aromatic rings. The maximum Gasteiger partial charge on any atom is 3.00 e. The largest absolute Gasteiger partial charge is 3.00 e. The molecule has 0 fully saturated rings. The second kappa shape index (κ2) is 18.7. The fourth-order valence-corrected chi connectivity index (χ4v) is 4.61. The van der Waals surface area contributed by atoms with E-state index in [2.05, 4.69) is 69.1 Å². The quantitative estimate of drug-likeness (QED) is 0.109. The zero-order valence-corrected chi connectivity index (χ0v) is 28.1. The number of fused-ring (bicyclic) bond motifs is 1. The van der Waals surface area contributed by atoms with Crippen LogP contribution in [-0.2, 0) is 19.5 Å². The Balaban J connectivity index is 0.000000199. The van der Waals surface area contributed by atoms with Crippen molar-refractivity contribution in [2.45, 2.75) is 13.1 Å². The molecule has 46 heavy (non-hydrogen) atoms. The molecule has 1 unspecified atom stereocenters. The van der Waals surface area contributed by atoms with Gasteiger partial charge in [0.1, 0.15) is 0 Å². The molecule has 2 aromatic heterocycles. The van der Waals surface area contributed by atoms with Crippen molar-refractivity contribution in [1.82, 2.24) is 9.97 Å². The molecule has 0 spiro atoms. The summed E-state index contributed by atoms with van der Waals surface area (Å²) in [5.74, 6) is 0. The Morgan fingerprint density at radius 3 is 2.39 bits per heavy atom. The summed E-state index contributed by atoms with van der Waals surface area (Å²) in [5.41, 5.74) is 14.8. The second-order valence-corrected chi connectivity index (χ2v) is 10.1. The molecule has 0 bridgehead atoms. The van der Waals surface area contributed by atoms with Crippen molar-refractivity contribution in [3.05, 3.63) is 162 Å². The minimum absolute atomic E-state index is 0. The van der Waals surface area contributed by atoms with Crippen molar-refractivity contribution in [3.8, 4) is 0 Å². The van der Waals surface area contributed by atoms with Crippen molar-refractivity contribution in [2.24, 2.45) is 4.99 Å². The molecule has 2 aromatic carbocycles. The molecule has 0 aliphatic carbocycles. The molecule has 6 rings (SSSR count). The number of hydrogen-bond acceptors (Lipinski definition) is 5. The Hall–Kier alpha value is -5.01. The van der Waals surface area contributed by atoms with Gasteiger partial charge in [-0.3, -0.25) is 15.0 Å². The van der Waals surface area contributed by atoms with Crippen LogP contribution in [0.1, 0.15) is 18.3 Å². The number of aromatic nitrogens is 2. The van der Waals surface area contributed by atoms with Crippen LogP contribution in [0, 0.1) is 0 Å². The van der Waals surface area contributed by atoms with Crippen molar-refractivity contribution < 1.29 is 19.5 Å². The fourth-order valence-electron chi connectivity index (χ4n) is 4.61. The van der Waals surface area contributed by atoms with Crippen LogP contribution in [0.5, 0.6) is 0 Å². The van der Waals surface area contributed by atoms with Gasteiger partial charge in [0.15, 0.2) is 0 Å². The molecule has 9 heteroatoms. The first-order valence-electron chi connectivity index (χ1n) is 14.7. The predicted octanol–water partition coefficient (Wildman–Crippen LogP) is 9.35. The van der Waals surface area contributed by atoms with Gasteiger partial charge >= 0.3 is 19.5 Å². The summed E-state index contributed by atoms with van der Waals surface area (Å²) in [6.07, 6.45) is 15.0. The fraction of sp³-hybridized carbons (Fsp3) is 0.162. The normalized spacial score (nSPS) is 14.6. The third-order valence-electron chi connectivity index (χ3n) is 6.98. The standard InChI is InChI=1S/C17H19N4.C10H9N2.C10H11N2.Ru/c1-18-13-8-4-6-10-15(13)20(2)12-17-19-14-9-5-7-11-16(14)21(17)3;1-3-7-11-9(5-1)10-6-2-4-8-12-10;1-2-3-6-9(11)10-7-4-5-8-12-10;/h4-11,17H,1,12H2,2-3H3;1-7H,8H2;2-8,11H,1H3;/q3*-1;+3/b;;3-2-,9-6-;. The Labute approximate surface area is 285 Å². The van der Waals surface area contributed by atoms with Gasteiger partial charge in [-0.1, -0.05) is 72.8 Å². The SMILES string of the molecule is C/C=C\C=C(/[NH-])c1ccccn1.C1=CC[N-]C(c2ccccn2)=C1.C=Nc1ccccc1N(C)CC1[N-]c2ccccc2N1C.[Ru+3]. The van der Waals surface area contributed by atoms with Gasteiger partial charge < -0.3 is 26.2 Å². The van der Waals surface area contributed by atoms with Crippen LogP contribution in [-0.4, -0.2) is 50.0 Å². The van der Waals surface area contributed by atoms with Crippen molar-refractivity contribution in [1.29, 1.82) is 0 Å². The first kappa shape index (κ1) is 35.5. The summed E-state index contributed by atoms with van der Waals surface area (Å²) in [6, 6.07) is 27.7. The molecule has 1 N–H and O–H groups in total. The number of likely N-dealkylation sites (N-methyl/N-ethyl adjacent to an activating group) is 2. The Morgan fingerprint density at radius 2 is 1.74 bits per heavy atom. The molecular formula is C37H39N8Ru. The predicted molar refractivity (Wildman–Crippen MR) is 192 cm³/mol. The summed E-state index contributed by atoms with van der Waals surface area (Å²) in [5, 5.41) is 9.10. The number of para-hydroxylation sites is 4. The third kappa shape index (κ3) is 10.0. The zero-order chi connectivity index (χ0) is 31.9. The van der Waals surface area contributed by atoms with Gasteiger partial charge in [0, 0.05) is 50.1 Å². The van der Waals surface area contributed by atoms with E-state index < -0.39 is 0 Å². The number of hydrogen-bond donors (Lipinski definition) is 0. The molecule has 0 saturated carbocycles. The van der Waals surface area contributed by atoms with Gasteiger partial charge in [-0.25, -0.2) is 0 Å². The number of nitrogens with zero attached hydrogens (tertiary/aromatic N) is 7. The average Bonchev–Trinajstić information content (AvgIpc) is 3.43. The molecule has 2 aliphatic rings. The van der Waals surface area contributed by atoms with Gasteiger partial charge in [-0.05, 0) is 62.3 Å².